The number of hydrogen-bond acceptors (Lipinski definition) is 1. The summed E-state index contributed by atoms with van der Waals surface area (Å²) in [5, 5.41) is 3.27. The molecule has 1 aliphatic carbocycles. The Bertz CT molecular complexity index is 445. The Hall–Kier alpha value is -0.710. The lowest BCUT2D eigenvalue weighted by Gasteiger charge is -2.21. The Morgan fingerprint density at radius 3 is 2.63 bits per heavy atom. The van der Waals surface area contributed by atoms with Crippen molar-refractivity contribution in [3.63, 3.8) is 0 Å². The standard InChI is InChI=1S/C14H17BrF3N/c1-2-9-4-3-5-13(9)19-12-7-10(14(16,17)18)6-11(15)8-12/h6-9,13,19H,2-5H2,1H3. The Labute approximate surface area is 119 Å². The van der Waals surface area contributed by atoms with Gasteiger partial charge in [-0.1, -0.05) is 35.7 Å². The van der Waals surface area contributed by atoms with Crippen LogP contribution in [0.2, 0.25) is 0 Å². The molecule has 1 saturated carbocycles. The maximum Gasteiger partial charge on any atom is 0.416 e. The average molecular weight is 336 g/mol. The first-order chi connectivity index (χ1) is 8.90. The zero-order valence-electron chi connectivity index (χ0n) is 10.7. The SMILES string of the molecule is CCC1CCCC1Nc1cc(Br)cc(C(F)(F)F)c1. The van der Waals surface area contributed by atoms with Crippen LogP contribution in [0, 0.1) is 5.92 Å². The van der Waals surface area contributed by atoms with Gasteiger partial charge < -0.3 is 5.32 Å². The highest BCUT2D eigenvalue weighted by molar-refractivity contribution is 9.10. The summed E-state index contributed by atoms with van der Waals surface area (Å²) in [6.45, 7) is 2.13. The Morgan fingerprint density at radius 1 is 1.26 bits per heavy atom. The van der Waals surface area contributed by atoms with E-state index in [0.717, 1.165) is 31.7 Å². The van der Waals surface area contributed by atoms with E-state index in [2.05, 4.69) is 28.2 Å². The van der Waals surface area contributed by atoms with Crippen LogP contribution >= 0.6 is 15.9 Å². The molecule has 19 heavy (non-hydrogen) atoms. The molecule has 1 aliphatic rings. The fraction of sp³-hybridized carbons (Fsp3) is 0.571. The number of anilines is 1. The van der Waals surface area contributed by atoms with E-state index in [1.165, 1.54) is 6.07 Å². The molecule has 0 heterocycles. The molecule has 0 aromatic heterocycles. The molecule has 0 spiro atoms. The van der Waals surface area contributed by atoms with Crippen molar-refractivity contribution in [2.45, 2.75) is 44.8 Å². The molecule has 1 aromatic rings. The molecule has 1 nitrogen and oxygen atoms in total. The lowest BCUT2D eigenvalue weighted by Crippen LogP contribution is -2.23. The normalized spacial score (nSPS) is 23.6. The highest BCUT2D eigenvalue weighted by atomic mass is 79.9. The van der Waals surface area contributed by atoms with E-state index < -0.39 is 11.7 Å². The van der Waals surface area contributed by atoms with Gasteiger partial charge in [-0.2, -0.15) is 13.2 Å². The van der Waals surface area contributed by atoms with E-state index in [4.69, 9.17) is 0 Å². The number of nitrogens with one attached hydrogen (secondary N) is 1. The summed E-state index contributed by atoms with van der Waals surface area (Å²) >= 11 is 3.15. The number of rotatable bonds is 3. The van der Waals surface area contributed by atoms with Crippen LogP contribution in [0.15, 0.2) is 22.7 Å². The van der Waals surface area contributed by atoms with Crippen molar-refractivity contribution >= 4 is 21.6 Å². The molecule has 1 fully saturated rings. The van der Waals surface area contributed by atoms with Gasteiger partial charge in [0.1, 0.15) is 0 Å². The van der Waals surface area contributed by atoms with Crippen molar-refractivity contribution in [2.75, 3.05) is 5.32 Å². The molecule has 2 atom stereocenters. The van der Waals surface area contributed by atoms with Crippen molar-refractivity contribution in [2.24, 2.45) is 5.92 Å². The predicted octanol–water partition coefficient (Wildman–Crippen LogP) is 5.46. The fourth-order valence-corrected chi connectivity index (χ4v) is 3.26. The van der Waals surface area contributed by atoms with Gasteiger partial charge in [0, 0.05) is 16.2 Å². The zero-order chi connectivity index (χ0) is 14.0. The first-order valence-corrected chi connectivity index (χ1v) is 7.33. The van der Waals surface area contributed by atoms with Crippen LogP contribution in [0.4, 0.5) is 18.9 Å². The first-order valence-electron chi connectivity index (χ1n) is 6.54. The molecular weight excluding hydrogens is 319 g/mol. The van der Waals surface area contributed by atoms with E-state index in [9.17, 15) is 13.2 Å². The highest BCUT2D eigenvalue weighted by Gasteiger charge is 2.32. The molecule has 0 radical (unpaired) electrons. The van der Waals surface area contributed by atoms with Crippen LogP contribution in [0.3, 0.4) is 0 Å². The second-order valence-corrected chi connectivity index (χ2v) is 5.99. The molecule has 0 bridgehead atoms. The molecule has 2 rings (SSSR count). The summed E-state index contributed by atoms with van der Waals surface area (Å²) in [7, 11) is 0. The molecule has 1 N–H and O–H groups in total. The van der Waals surface area contributed by atoms with Crippen LogP contribution in [-0.4, -0.2) is 6.04 Å². The van der Waals surface area contributed by atoms with Crippen LogP contribution in [0.25, 0.3) is 0 Å². The van der Waals surface area contributed by atoms with E-state index >= 15 is 0 Å². The average Bonchev–Trinajstić information content (AvgIpc) is 2.74. The molecule has 0 aliphatic heterocycles. The van der Waals surface area contributed by atoms with Gasteiger partial charge in [-0.25, -0.2) is 0 Å². The monoisotopic (exact) mass is 335 g/mol. The van der Waals surface area contributed by atoms with Gasteiger partial charge in [0.05, 0.1) is 5.56 Å². The Kier molecular flexibility index (Phi) is 4.43. The van der Waals surface area contributed by atoms with Crippen LogP contribution in [0.5, 0.6) is 0 Å². The minimum absolute atomic E-state index is 0.292. The van der Waals surface area contributed by atoms with Gasteiger partial charge in [-0.05, 0) is 37.0 Å². The molecule has 5 heteroatoms. The largest absolute Gasteiger partial charge is 0.416 e. The summed E-state index contributed by atoms with van der Waals surface area (Å²) in [6, 6.07) is 4.30. The summed E-state index contributed by atoms with van der Waals surface area (Å²) < 4.78 is 38.7. The third-order valence-corrected chi connectivity index (χ3v) is 4.22. The number of hydrogen-bond donors (Lipinski definition) is 1. The number of benzene rings is 1. The second-order valence-electron chi connectivity index (χ2n) is 5.08. The van der Waals surface area contributed by atoms with Gasteiger partial charge in [-0.15, -0.1) is 0 Å². The summed E-state index contributed by atoms with van der Waals surface area (Å²) in [6.07, 6.45) is 0.106. The molecule has 0 saturated heterocycles. The lowest BCUT2D eigenvalue weighted by atomic mass is 10.0. The van der Waals surface area contributed by atoms with Crippen molar-refractivity contribution < 1.29 is 13.2 Å². The molecule has 1 aromatic carbocycles. The van der Waals surface area contributed by atoms with Gasteiger partial charge in [-0.3, -0.25) is 0 Å². The third kappa shape index (κ3) is 3.65. The minimum atomic E-state index is -4.31. The van der Waals surface area contributed by atoms with E-state index in [-0.39, 0.29) is 0 Å². The highest BCUT2D eigenvalue weighted by Crippen LogP contribution is 2.35. The van der Waals surface area contributed by atoms with E-state index in [1.54, 1.807) is 6.07 Å². The van der Waals surface area contributed by atoms with Gasteiger partial charge in [0.2, 0.25) is 0 Å². The smallest absolute Gasteiger partial charge is 0.382 e. The first kappa shape index (κ1) is 14.7. The van der Waals surface area contributed by atoms with Crippen LogP contribution < -0.4 is 5.32 Å². The fourth-order valence-electron chi connectivity index (χ4n) is 2.77. The predicted molar refractivity (Wildman–Crippen MR) is 74.2 cm³/mol. The Balaban J connectivity index is 2.18. The maximum absolute atomic E-state index is 12.8. The summed E-state index contributed by atoms with van der Waals surface area (Å²) in [4.78, 5) is 0. The minimum Gasteiger partial charge on any atom is -0.382 e. The number of alkyl halides is 3. The second kappa shape index (κ2) is 5.73. The summed E-state index contributed by atoms with van der Waals surface area (Å²) in [5.74, 6) is 0.563. The van der Waals surface area contributed by atoms with Crippen molar-refractivity contribution in [1.82, 2.24) is 0 Å². The maximum atomic E-state index is 12.8. The Morgan fingerprint density at radius 2 is 2.00 bits per heavy atom. The lowest BCUT2D eigenvalue weighted by molar-refractivity contribution is -0.137. The van der Waals surface area contributed by atoms with Crippen LogP contribution in [0.1, 0.15) is 38.2 Å². The molecule has 0 amide bonds. The van der Waals surface area contributed by atoms with Crippen LogP contribution in [-0.2, 0) is 6.18 Å². The quantitative estimate of drug-likeness (QED) is 0.773. The van der Waals surface area contributed by atoms with Gasteiger partial charge >= 0.3 is 6.18 Å². The topological polar surface area (TPSA) is 12.0 Å². The third-order valence-electron chi connectivity index (χ3n) is 3.76. The number of halogens is 4. The van der Waals surface area contributed by atoms with E-state index in [1.807, 2.05) is 0 Å². The van der Waals surface area contributed by atoms with E-state index in [0.29, 0.717) is 22.1 Å². The van der Waals surface area contributed by atoms with Crippen molar-refractivity contribution in [3.8, 4) is 0 Å². The molecular formula is C14H17BrF3N. The zero-order valence-corrected chi connectivity index (χ0v) is 12.3. The van der Waals surface area contributed by atoms with Crippen molar-refractivity contribution in [1.29, 1.82) is 0 Å². The van der Waals surface area contributed by atoms with Gasteiger partial charge in [0.15, 0.2) is 0 Å². The van der Waals surface area contributed by atoms with Gasteiger partial charge in [0.25, 0.3) is 0 Å². The van der Waals surface area contributed by atoms with Crippen molar-refractivity contribution in [3.05, 3.63) is 28.2 Å². The molecule has 106 valence electrons. The summed E-state index contributed by atoms with van der Waals surface area (Å²) in [5.41, 5.74) is -0.0672. The molecule has 2 unspecified atom stereocenters.